The Morgan fingerprint density at radius 2 is 2.24 bits per heavy atom. The third-order valence-corrected chi connectivity index (χ3v) is 3.13. The summed E-state index contributed by atoms with van der Waals surface area (Å²) in [4.78, 5) is 11.4. The maximum atomic E-state index is 11.4. The van der Waals surface area contributed by atoms with Crippen LogP contribution in [0.5, 0.6) is 0 Å². The Kier molecular flexibility index (Phi) is 6.00. The molecule has 94 valence electrons. The lowest BCUT2D eigenvalue weighted by molar-refractivity contribution is -0.119. The van der Waals surface area contributed by atoms with Gasteiger partial charge in [-0.2, -0.15) is 0 Å². The van der Waals surface area contributed by atoms with Crippen LogP contribution in [0.15, 0.2) is 22.7 Å². The highest BCUT2D eigenvalue weighted by Crippen LogP contribution is 2.19. The zero-order valence-electron chi connectivity index (χ0n) is 10.0. The summed E-state index contributed by atoms with van der Waals surface area (Å²) in [7, 11) is 1.61. The van der Waals surface area contributed by atoms with Crippen molar-refractivity contribution in [2.75, 3.05) is 32.1 Å². The number of anilines is 1. The molecule has 1 aromatic rings. The van der Waals surface area contributed by atoms with Gasteiger partial charge in [0.2, 0.25) is 5.91 Å². The van der Waals surface area contributed by atoms with E-state index in [1.54, 1.807) is 7.11 Å². The maximum Gasteiger partial charge on any atom is 0.239 e. The molecule has 4 nitrogen and oxygen atoms in total. The quantitative estimate of drug-likeness (QED) is 0.789. The molecule has 0 aliphatic rings. The molecule has 17 heavy (non-hydrogen) atoms. The van der Waals surface area contributed by atoms with Crippen molar-refractivity contribution in [3.8, 4) is 0 Å². The Labute approximate surface area is 110 Å². The zero-order valence-corrected chi connectivity index (χ0v) is 11.6. The summed E-state index contributed by atoms with van der Waals surface area (Å²) in [6.07, 6.45) is 0. The first-order chi connectivity index (χ1) is 8.13. The van der Waals surface area contributed by atoms with Crippen molar-refractivity contribution < 1.29 is 9.53 Å². The highest BCUT2D eigenvalue weighted by molar-refractivity contribution is 9.10. The van der Waals surface area contributed by atoms with Crippen molar-refractivity contribution >= 4 is 27.5 Å². The van der Waals surface area contributed by atoms with E-state index in [9.17, 15) is 4.79 Å². The normalized spacial score (nSPS) is 10.1. The molecular formula is C12H17BrN2O2. The van der Waals surface area contributed by atoms with E-state index in [0.29, 0.717) is 13.2 Å². The molecule has 1 rings (SSSR count). The van der Waals surface area contributed by atoms with Gasteiger partial charge < -0.3 is 15.4 Å². The Hall–Kier alpha value is -1.07. The van der Waals surface area contributed by atoms with E-state index in [4.69, 9.17) is 4.74 Å². The third kappa shape index (κ3) is 5.19. The van der Waals surface area contributed by atoms with Crippen LogP contribution in [0.2, 0.25) is 0 Å². The number of carbonyl (C=O) groups is 1. The summed E-state index contributed by atoms with van der Waals surface area (Å²) in [5.74, 6) is -0.0392. The van der Waals surface area contributed by atoms with Crippen molar-refractivity contribution in [1.29, 1.82) is 0 Å². The van der Waals surface area contributed by atoms with Gasteiger partial charge in [0.15, 0.2) is 0 Å². The first-order valence-corrected chi connectivity index (χ1v) is 6.18. The molecule has 0 bridgehead atoms. The smallest absolute Gasteiger partial charge is 0.239 e. The summed E-state index contributed by atoms with van der Waals surface area (Å²) in [6, 6.07) is 5.88. The fourth-order valence-electron chi connectivity index (χ4n) is 1.29. The Balaban J connectivity index is 2.34. The number of rotatable bonds is 6. The van der Waals surface area contributed by atoms with E-state index in [0.717, 1.165) is 15.7 Å². The van der Waals surface area contributed by atoms with Crippen LogP contribution in [-0.2, 0) is 9.53 Å². The summed E-state index contributed by atoms with van der Waals surface area (Å²) < 4.78 is 5.91. The average molecular weight is 301 g/mol. The molecule has 0 aliphatic heterocycles. The van der Waals surface area contributed by atoms with Gasteiger partial charge in [-0.25, -0.2) is 0 Å². The predicted octanol–water partition coefficient (Wildman–Crippen LogP) is 1.93. The van der Waals surface area contributed by atoms with Crippen LogP contribution in [0, 0.1) is 6.92 Å². The standard InChI is InChI=1S/C12H17BrN2O2/c1-9-7-10(3-4-11(9)13)15-8-12(16)14-5-6-17-2/h3-4,7,15H,5-6,8H2,1-2H3,(H,14,16). The number of aryl methyl sites for hydroxylation is 1. The lowest BCUT2D eigenvalue weighted by atomic mass is 10.2. The van der Waals surface area contributed by atoms with E-state index in [1.807, 2.05) is 25.1 Å². The van der Waals surface area contributed by atoms with Gasteiger partial charge in [-0.1, -0.05) is 15.9 Å². The maximum absolute atomic E-state index is 11.4. The number of methoxy groups -OCH3 is 1. The highest BCUT2D eigenvalue weighted by atomic mass is 79.9. The van der Waals surface area contributed by atoms with Crippen LogP contribution in [0.1, 0.15) is 5.56 Å². The summed E-state index contributed by atoms with van der Waals surface area (Å²) in [5, 5.41) is 5.81. The monoisotopic (exact) mass is 300 g/mol. The molecule has 2 N–H and O–H groups in total. The number of hydrogen-bond acceptors (Lipinski definition) is 3. The highest BCUT2D eigenvalue weighted by Gasteiger charge is 2.01. The van der Waals surface area contributed by atoms with E-state index in [2.05, 4.69) is 26.6 Å². The van der Waals surface area contributed by atoms with E-state index < -0.39 is 0 Å². The van der Waals surface area contributed by atoms with E-state index in [-0.39, 0.29) is 12.5 Å². The van der Waals surface area contributed by atoms with Gasteiger partial charge in [0.05, 0.1) is 13.2 Å². The summed E-state index contributed by atoms with van der Waals surface area (Å²) >= 11 is 3.43. The Morgan fingerprint density at radius 3 is 2.88 bits per heavy atom. The number of amides is 1. The number of halogens is 1. The Morgan fingerprint density at radius 1 is 1.47 bits per heavy atom. The zero-order chi connectivity index (χ0) is 12.7. The van der Waals surface area contributed by atoms with Crippen LogP contribution in [0.25, 0.3) is 0 Å². The van der Waals surface area contributed by atoms with Crippen molar-refractivity contribution in [2.24, 2.45) is 0 Å². The van der Waals surface area contributed by atoms with Gasteiger partial charge in [0.1, 0.15) is 0 Å². The van der Waals surface area contributed by atoms with Crippen molar-refractivity contribution in [3.63, 3.8) is 0 Å². The minimum Gasteiger partial charge on any atom is -0.383 e. The number of carbonyl (C=O) groups excluding carboxylic acids is 1. The first kappa shape index (κ1) is 14.0. The molecule has 1 amide bonds. The molecule has 0 spiro atoms. The summed E-state index contributed by atoms with van der Waals surface area (Å²) in [6.45, 7) is 3.35. The minimum atomic E-state index is -0.0392. The van der Waals surface area contributed by atoms with Gasteiger partial charge in [-0.3, -0.25) is 4.79 Å². The largest absolute Gasteiger partial charge is 0.383 e. The second-order valence-corrected chi connectivity index (χ2v) is 4.51. The molecule has 5 heteroatoms. The molecule has 0 atom stereocenters. The molecule has 1 aromatic carbocycles. The minimum absolute atomic E-state index is 0.0392. The molecule has 0 heterocycles. The van der Waals surface area contributed by atoms with Gasteiger partial charge in [0.25, 0.3) is 0 Å². The molecule has 0 aromatic heterocycles. The molecular weight excluding hydrogens is 284 g/mol. The molecule has 0 saturated carbocycles. The fourth-order valence-corrected chi connectivity index (χ4v) is 1.54. The van der Waals surface area contributed by atoms with E-state index in [1.165, 1.54) is 0 Å². The molecule has 0 fully saturated rings. The number of benzene rings is 1. The van der Waals surface area contributed by atoms with Gasteiger partial charge in [0, 0.05) is 23.8 Å². The van der Waals surface area contributed by atoms with Crippen LogP contribution >= 0.6 is 15.9 Å². The van der Waals surface area contributed by atoms with Crippen molar-refractivity contribution in [1.82, 2.24) is 5.32 Å². The van der Waals surface area contributed by atoms with Crippen LogP contribution in [-0.4, -0.2) is 32.7 Å². The van der Waals surface area contributed by atoms with E-state index >= 15 is 0 Å². The second kappa shape index (κ2) is 7.29. The molecule has 0 saturated heterocycles. The second-order valence-electron chi connectivity index (χ2n) is 3.66. The summed E-state index contributed by atoms with van der Waals surface area (Å²) in [5.41, 5.74) is 2.07. The number of nitrogens with one attached hydrogen (secondary N) is 2. The van der Waals surface area contributed by atoms with Gasteiger partial charge in [-0.15, -0.1) is 0 Å². The van der Waals surface area contributed by atoms with Crippen molar-refractivity contribution in [2.45, 2.75) is 6.92 Å². The first-order valence-electron chi connectivity index (χ1n) is 5.39. The number of hydrogen-bond donors (Lipinski definition) is 2. The number of ether oxygens (including phenoxy) is 1. The van der Waals surface area contributed by atoms with Crippen LogP contribution in [0.4, 0.5) is 5.69 Å². The van der Waals surface area contributed by atoms with Gasteiger partial charge >= 0.3 is 0 Å². The molecule has 0 unspecified atom stereocenters. The lowest BCUT2D eigenvalue weighted by Gasteiger charge is -2.08. The van der Waals surface area contributed by atoms with Crippen LogP contribution in [0.3, 0.4) is 0 Å². The molecule has 0 aliphatic carbocycles. The lowest BCUT2D eigenvalue weighted by Crippen LogP contribution is -2.32. The SMILES string of the molecule is COCCNC(=O)CNc1ccc(Br)c(C)c1. The third-order valence-electron chi connectivity index (χ3n) is 2.24. The average Bonchev–Trinajstić information content (AvgIpc) is 2.31. The van der Waals surface area contributed by atoms with Crippen molar-refractivity contribution in [3.05, 3.63) is 28.2 Å². The fraction of sp³-hybridized carbons (Fsp3) is 0.417. The van der Waals surface area contributed by atoms with Crippen LogP contribution < -0.4 is 10.6 Å². The van der Waals surface area contributed by atoms with Gasteiger partial charge in [-0.05, 0) is 30.7 Å². The topological polar surface area (TPSA) is 50.4 Å². The molecule has 0 radical (unpaired) electrons. The predicted molar refractivity (Wildman–Crippen MR) is 72.3 cm³/mol. The Bertz CT molecular complexity index is 383.